The van der Waals surface area contributed by atoms with Crippen LogP contribution < -0.4 is 9.64 Å². The van der Waals surface area contributed by atoms with Crippen LogP contribution in [0.1, 0.15) is 62.7 Å². The lowest BCUT2D eigenvalue weighted by Gasteiger charge is -2.48. The molecule has 2 aromatic heterocycles. The van der Waals surface area contributed by atoms with Crippen molar-refractivity contribution in [3.8, 4) is 17.4 Å². The second-order valence-electron chi connectivity index (χ2n) is 11.8. The third kappa shape index (κ3) is 4.12. The van der Waals surface area contributed by atoms with Crippen molar-refractivity contribution in [1.29, 1.82) is 0 Å². The standard InChI is InChI=1S/C28H37N5O5/c1-32-11-5-6-19(32)15-36-23-14-22(33-12-13-37-27(16-33)17-35-18-27)29-26(30-23)24-20-7-4-10-28(25(20)38-31-24)9-3-2-8-21(28)34/h14,19H,2-13,15-18H2,1H3/t19-,28+/m0/s1. The highest BCUT2D eigenvalue weighted by Gasteiger charge is 2.49. The third-order valence-corrected chi connectivity index (χ3v) is 9.34. The Balaban J connectivity index is 1.24. The van der Waals surface area contributed by atoms with Gasteiger partial charge in [-0.2, -0.15) is 4.98 Å². The molecular formula is C28H37N5O5. The number of hydrogen-bond donors (Lipinski definition) is 0. The Morgan fingerprint density at radius 3 is 2.79 bits per heavy atom. The minimum atomic E-state index is -0.526. The predicted octanol–water partition coefficient (Wildman–Crippen LogP) is 2.93. The van der Waals surface area contributed by atoms with E-state index < -0.39 is 5.41 Å². The van der Waals surface area contributed by atoms with Crippen LogP contribution in [-0.2, 0) is 26.1 Å². The van der Waals surface area contributed by atoms with Crippen molar-refractivity contribution in [2.45, 2.75) is 74.8 Å². The van der Waals surface area contributed by atoms with Crippen LogP contribution in [0.2, 0.25) is 0 Å². The normalized spacial score (nSPS) is 29.0. The number of likely N-dealkylation sites (N-methyl/N-ethyl adjacent to an activating group) is 1. The van der Waals surface area contributed by atoms with Gasteiger partial charge in [0.15, 0.2) is 17.3 Å². The molecule has 2 atom stereocenters. The van der Waals surface area contributed by atoms with Crippen molar-refractivity contribution >= 4 is 11.6 Å². The number of fused-ring (bicyclic) bond motifs is 2. The van der Waals surface area contributed by atoms with Crippen LogP contribution in [0.5, 0.6) is 5.88 Å². The van der Waals surface area contributed by atoms with Crippen LogP contribution in [0, 0.1) is 0 Å². The van der Waals surface area contributed by atoms with Crippen molar-refractivity contribution in [2.24, 2.45) is 0 Å². The molecule has 2 aliphatic carbocycles. The summed E-state index contributed by atoms with van der Waals surface area (Å²) >= 11 is 0. The smallest absolute Gasteiger partial charge is 0.219 e. The Morgan fingerprint density at radius 1 is 1.11 bits per heavy atom. The molecule has 3 saturated heterocycles. The van der Waals surface area contributed by atoms with E-state index in [0.717, 1.165) is 75.2 Å². The molecule has 1 saturated carbocycles. The number of ether oxygens (including phenoxy) is 3. The quantitative estimate of drug-likeness (QED) is 0.581. The number of anilines is 1. The highest BCUT2D eigenvalue weighted by Crippen LogP contribution is 2.47. The molecule has 7 rings (SSSR count). The van der Waals surface area contributed by atoms with Crippen LogP contribution in [0.3, 0.4) is 0 Å². The van der Waals surface area contributed by atoms with Crippen LogP contribution in [0.25, 0.3) is 11.5 Å². The van der Waals surface area contributed by atoms with Crippen LogP contribution in [0.4, 0.5) is 5.82 Å². The molecule has 2 aromatic rings. The van der Waals surface area contributed by atoms with Gasteiger partial charge in [-0.15, -0.1) is 0 Å². The number of Topliss-reactive ketones (excluding diaryl/α,β-unsaturated/α-hetero) is 1. The lowest BCUT2D eigenvalue weighted by molar-refractivity contribution is -0.211. The molecular weight excluding hydrogens is 486 g/mol. The monoisotopic (exact) mass is 523 g/mol. The Bertz CT molecular complexity index is 1210. The summed E-state index contributed by atoms with van der Waals surface area (Å²) in [7, 11) is 2.15. The summed E-state index contributed by atoms with van der Waals surface area (Å²) in [5.74, 6) is 2.91. The third-order valence-electron chi connectivity index (χ3n) is 9.34. The zero-order valence-corrected chi connectivity index (χ0v) is 22.2. The van der Waals surface area contributed by atoms with Crippen LogP contribution in [0.15, 0.2) is 10.6 Å². The first-order valence-corrected chi connectivity index (χ1v) is 14.3. The summed E-state index contributed by atoms with van der Waals surface area (Å²) in [4.78, 5) is 27.6. The van der Waals surface area contributed by atoms with Gasteiger partial charge >= 0.3 is 0 Å². The second-order valence-corrected chi connectivity index (χ2v) is 11.8. The van der Waals surface area contributed by atoms with E-state index in [0.29, 0.717) is 68.6 Å². The average Bonchev–Trinajstić information content (AvgIpc) is 3.55. The summed E-state index contributed by atoms with van der Waals surface area (Å²) in [6.07, 6.45) is 8.39. The van der Waals surface area contributed by atoms with Crippen molar-refractivity contribution in [1.82, 2.24) is 20.0 Å². The zero-order chi connectivity index (χ0) is 25.7. The molecule has 4 fully saturated rings. The highest BCUT2D eigenvalue weighted by molar-refractivity contribution is 5.91. The number of likely N-dealkylation sites (tertiary alicyclic amines) is 1. The number of carbonyl (C=O) groups is 1. The first-order chi connectivity index (χ1) is 18.6. The summed E-state index contributed by atoms with van der Waals surface area (Å²) < 4.78 is 23.8. The van der Waals surface area contributed by atoms with Crippen LogP contribution >= 0.6 is 0 Å². The molecule has 0 radical (unpaired) electrons. The number of aromatic nitrogens is 3. The molecule has 204 valence electrons. The maximum Gasteiger partial charge on any atom is 0.219 e. The zero-order valence-electron chi connectivity index (χ0n) is 22.2. The molecule has 3 aliphatic heterocycles. The maximum absolute atomic E-state index is 13.2. The fourth-order valence-electron chi connectivity index (χ4n) is 7.04. The van der Waals surface area contributed by atoms with E-state index in [-0.39, 0.29) is 5.60 Å². The Kier molecular flexibility index (Phi) is 6.16. The lowest BCUT2D eigenvalue weighted by atomic mass is 9.64. The first-order valence-electron chi connectivity index (χ1n) is 14.3. The summed E-state index contributed by atoms with van der Waals surface area (Å²) in [6.45, 7) is 4.95. The van der Waals surface area contributed by atoms with E-state index in [1.807, 2.05) is 6.07 Å². The Labute approximate surface area is 223 Å². The van der Waals surface area contributed by atoms with Gasteiger partial charge in [-0.25, -0.2) is 4.98 Å². The SMILES string of the molecule is CN1CCC[C@H]1COc1cc(N2CCOC3(COC3)C2)nc(-c2noc3c2CCC[C@@]32CCCCC2=O)n1. The summed E-state index contributed by atoms with van der Waals surface area (Å²) in [5.41, 5.74) is 0.854. The molecule has 0 amide bonds. The average molecular weight is 524 g/mol. The first kappa shape index (κ1) is 24.5. The maximum atomic E-state index is 13.2. The van der Waals surface area contributed by atoms with E-state index in [1.54, 1.807) is 0 Å². The summed E-state index contributed by atoms with van der Waals surface area (Å²) in [6, 6.07) is 2.32. The minimum absolute atomic E-state index is 0.266. The van der Waals surface area contributed by atoms with Gasteiger partial charge in [0.2, 0.25) is 5.88 Å². The van der Waals surface area contributed by atoms with Crippen molar-refractivity contribution in [2.75, 3.05) is 58.0 Å². The minimum Gasteiger partial charge on any atom is -0.476 e. The molecule has 0 aromatic carbocycles. The molecule has 5 heterocycles. The van der Waals surface area contributed by atoms with Crippen molar-refractivity contribution in [3.63, 3.8) is 0 Å². The largest absolute Gasteiger partial charge is 0.476 e. The van der Waals surface area contributed by atoms with E-state index in [2.05, 4.69) is 22.0 Å². The second kappa shape index (κ2) is 9.57. The Hall–Kier alpha value is -2.56. The van der Waals surface area contributed by atoms with Gasteiger partial charge in [0.25, 0.3) is 0 Å². The molecule has 5 aliphatic rings. The number of morpholine rings is 1. The van der Waals surface area contributed by atoms with E-state index in [9.17, 15) is 4.79 Å². The van der Waals surface area contributed by atoms with E-state index >= 15 is 0 Å². The van der Waals surface area contributed by atoms with Crippen molar-refractivity contribution in [3.05, 3.63) is 17.4 Å². The number of hydrogen-bond acceptors (Lipinski definition) is 10. The van der Waals surface area contributed by atoms with Crippen molar-refractivity contribution < 1.29 is 23.5 Å². The fraction of sp³-hybridized carbons (Fsp3) is 0.714. The van der Waals surface area contributed by atoms with E-state index in [1.165, 1.54) is 6.42 Å². The van der Waals surface area contributed by atoms with Gasteiger partial charge in [-0.1, -0.05) is 11.6 Å². The molecule has 2 spiro atoms. The molecule has 38 heavy (non-hydrogen) atoms. The number of ketones is 1. The van der Waals surface area contributed by atoms with E-state index in [4.69, 9.17) is 28.7 Å². The molecule has 0 bridgehead atoms. The Morgan fingerprint density at radius 2 is 2.00 bits per heavy atom. The van der Waals surface area contributed by atoms with Gasteiger partial charge in [0, 0.05) is 30.6 Å². The number of nitrogens with zero attached hydrogens (tertiary/aromatic N) is 5. The molecule has 10 nitrogen and oxygen atoms in total. The molecule has 0 N–H and O–H groups in total. The van der Waals surface area contributed by atoms with Gasteiger partial charge < -0.3 is 28.5 Å². The predicted molar refractivity (Wildman–Crippen MR) is 138 cm³/mol. The summed E-state index contributed by atoms with van der Waals surface area (Å²) in [5, 5.41) is 4.51. The topological polar surface area (TPSA) is 103 Å². The van der Waals surface area contributed by atoms with Gasteiger partial charge in [-0.3, -0.25) is 4.79 Å². The number of rotatable bonds is 5. The van der Waals surface area contributed by atoms with Crippen LogP contribution in [-0.4, -0.2) is 90.6 Å². The molecule has 10 heteroatoms. The fourth-order valence-corrected chi connectivity index (χ4v) is 7.04. The number of carbonyl (C=O) groups excluding carboxylic acids is 1. The molecule has 0 unspecified atom stereocenters. The van der Waals surface area contributed by atoms with Gasteiger partial charge in [0.05, 0.1) is 31.8 Å². The van der Waals surface area contributed by atoms with Gasteiger partial charge in [0.1, 0.15) is 23.8 Å². The van der Waals surface area contributed by atoms with Gasteiger partial charge in [-0.05, 0) is 58.5 Å². The lowest BCUT2D eigenvalue weighted by Crippen LogP contribution is -2.63. The highest BCUT2D eigenvalue weighted by atomic mass is 16.6.